The van der Waals surface area contributed by atoms with Crippen LogP contribution in [0.5, 0.6) is 0 Å². The molecule has 0 radical (unpaired) electrons. The van der Waals surface area contributed by atoms with E-state index in [4.69, 9.17) is 17.0 Å². The highest BCUT2D eigenvalue weighted by Gasteiger charge is 2.25. The number of carbonyl (C=O) groups is 1. The van der Waals surface area contributed by atoms with Gasteiger partial charge in [-0.25, -0.2) is 9.78 Å². The highest BCUT2D eigenvalue weighted by molar-refractivity contribution is 7.71. The fourth-order valence-corrected chi connectivity index (χ4v) is 2.46. The van der Waals surface area contributed by atoms with Gasteiger partial charge in [-0.3, -0.25) is 4.57 Å². The van der Waals surface area contributed by atoms with E-state index in [0.29, 0.717) is 22.8 Å². The minimum Gasteiger partial charge on any atom is -0.467 e. The maximum atomic E-state index is 12.0. The second kappa shape index (κ2) is 5.52. The fraction of sp³-hybridized carbons (Fsp3) is 0.462. The van der Waals surface area contributed by atoms with Crippen LogP contribution in [0.4, 0.5) is 0 Å². The van der Waals surface area contributed by atoms with Crippen LogP contribution in [-0.4, -0.2) is 27.6 Å². The molecule has 0 aromatic carbocycles. The summed E-state index contributed by atoms with van der Waals surface area (Å²) in [6, 6.07) is 3.27. The Kier molecular flexibility index (Phi) is 3.99. The van der Waals surface area contributed by atoms with Crippen LogP contribution in [0.2, 0.25) is 0 Å². The predicted octanol–water partition coefficient (Wildman–Crippen LogP) is 2.85. The van der Waals surface area contributed by atoms with Gasteiger partial charge in [0, 0.05) is 6.20 Å². The molecule has 102 valence electrons. The second-order valence-corrected chi connectivity index (χ2v) is 5.23. The number of hydrogen-bond acceptors (Lipinski definition) is 4. The summed E-state index contributed by atoms with van der Waals surface area (Å²) in [5, 5.41) is 0. The van der Waals surface area contributed by atoms with Crippen molar-refractivity contribution in [3.63, 3.8) is 0 Å². The lowest BCUT2D eigenvalue weighted by atomic mass is 10.0. The van der Waals surface area contributed by atoms with E-state index in [-0.39, 0.29) is 5.97 Å². The summed E-state index contributed by atoms with van der Waals surface area (Å²) < 4.78 is 7.13. The maximum absolute atomic E-state index is 12.0. The minimum atomic E-state index is -0.443. The molecular weight excluding hydrogens is 262 g/mol. The Hall–Kier alpha value is -1.69. The van der Waals surface area contributed by atoms with Gasteiger partial charge in [0.15, 0.2) is 10.4 Å². The third-order valence-electron chi connectivity index (χ3n) is 2.95. The Morgan fingerprint density at radius 2 is 2.32 bits per heavy atom. The van der Waals surface area contributed by atoms with Crippen molar-refractivity contribution in [2.24, 2.45) is 5.92 Å². The van der Waals surface area contributed by atoms with Gasteiger partial charge in [-0.15, -0.1) is 0 Å². The fourth-order valence-electron chi connectivity index (χ4n) is 2.14. The first-order valence-corrected chi connectivity index (χ1v) is 6.58. The molecule has 1 atom stereocenters. The normalized spacial score (nSPS) is 12.8. The van der Waals surface area contributed by atoms with Crippen molar-refractivity contribution in [1.82, 2.24) is 14.5 Å². The highest BCUT2D eigenvalue weighted by atomic mass is 32.1. The quantitative estimate of drug-likeness (QED) is 0.690. The van der Waals surface area contributed by atoms with Crippen LogP contribution in [0.15, 0.2) is 18.3 Å². The number of H-pyrrole nitrogens is 1. The van der Waals surface area contributed by atoms with Crippen molar-refractivity contribution >= 4 is 29.4 Å². The molecule has 1 unspecified atom stereocenters. The average molecular weight is 279 g/mol. The number of ether oxygens (including phenoxy) is 1. The third-order valence-corrected chi connectivity index (χ3v) is 3.25. The van der Waals surface area contributed by atoms with Crippen LogP contribution in [0, 0.1) is 10.7 Å². The molecular formula is C13H17N3O2S. The van der Waals surface area contributed by atoms with Gasteiger partial charge in [0.2, 0.25) is 0 Å². The van der Waals surface area contributed by atoms with Crippen LogP contribution in [0.3, 0.4) is 0 Å². The Labute approximate surface area is 116 Å². The minimum absolute atomic E-state index is 0.295. The van der Waals surface area contributed by atoms with Crippen LogP contribution >= 0.6 is 12.2 Å². The van der Waals surface area contributed by atoms with E-state index in [2.05, 4.69) is 23.8 Å². The first-order valence-electron chi connectivity index (χ1n) is 6.17. The van der Waals surface area contributed by atoms with E-state index in [0.717, 1.165) is 5.52 Å². The topological polar surface area (TPSA) is 59.9 Å². The number of methoxy groups -OCH3 is 1. The summed E-state index contributed by atoms with van der Waals surface area (Å²) in [6.45, 7) is 4.11. The van der Waals surface area contributed by atoms with Crippen molar-refractivity contribution in [3.8, 4) is 0 Å². The van der Waals surface area contributed by atoms with Gasteiger partial charge in [-0.1, -0.05) is 13.8 Å². The number of rotatable bonds is 4. The van der Waals surface area contributed by atoms with Gasteiger partial charge in [0.05, 0.1) is 12.6 Å². The highest BCUT2D eigenvalue weighted by Crippen LogP contribution is 2.24. The number of esters is 1. The van der Waals surface area contributed by atoms with Gasteiger partial charge >= 0.3 is 5.97 Å². The number of hydrogen-bond donors (Lipinski definition) is 1. The van der Waals surface area contributed by atoms with Gasteiger partial charge in [0.25, 0.3) is 0 Å². The molecule has 2 aromatic heterocycles. The Balaban J connectivity index is 2.58. The molecule has 0 bridgehead atoms. The van der Waals surface area contributed by atoms with Crippen molar-refractivity contribution in [1.29, 1.82) is 0 Å². The van der Waals surface area contributed by atoms with Crippen molar-refractivity contribution in [2.75, 3.05) is 7.11 Å². The zero-order valence-corrected chi connectivity index (χ0v) is 12.0. The molecule has 0 fully saturated rings. The number of carbonyl (C=O) groups excluding carboxylic acids is 1. The molecule has 0 saturated heterocycles. The molecule has 5 nitrogen and oxygen atoms in total. The monoisotopic (exact) mass is 279 g/mol. The summed E-state index contributed by atoms with van der Waals surface area (Å²) in [5.74, 6) is 0.0519. The van der Waals surface area contributed by atoms with Crippen LogP contribution in [0.1, 0.15) is 26.3 Å². The second-order valence-electron chi connectivity index (χ2n) is 4.84. The van der Waals surface area contributed by atoms with Crippen molar-refractivity contribution < 1.29 is 9.53 Å². The van der Waals surface area contributed by atoms with Crippen molar-refractivity contribution in [2.45, 2.75) is 26.3 Å². The molecule has 0 saturated carbocycles. The average Bonchev–Trinajstić information content (AvgIpc) is 2.70. The number of imidazole rings is 1. The molecule has 0 aliphatic heterocycles. The number of aromatic nitrogens is 3. The number of aromatic amines is 1. The summed E-state index contributed by atoms with van der Waals surface area (Å²) in [6.07, 6.45) is 2.34. The molecule has 0 aliphatic rings. The molecule has 0 aliphatic carbocycles. The first-order chi connectivity index (χ1) is 9.04. The van der Waals surface area contributed by atoms with Crippen LogP contribution in [-0.2, 0) is 9.53 Å². The molecule has 1 N–H and O–H groups in total. The number of pyridine rings is 1. The van der Waals surface area contributed by atoms with Gasteiger partial charge < -0.3 is 9.72 Å². The number of fused-ring (bicyclic) bond motifs is 1. The lowest BCUT2D eigenvalue weighted by molar-refractivity contribution is -0.145. The summed E-state index contributed by atoms with van der Waals surface area (Å²) >= 11 is 5.31. The summed E-state index contributed by atoms with van der Waals surface area (Å²) in [4.78, 5) is 19.4. The smallest absolute Gasteiger partial charge is 0.329 e. The van der Waals surface area contributed by atoms with E-state index < -0.39 is 6.04 Å². The van der Waals surface area contributed by atoms with E-state index in [1.54, 1.807) is 10.8 Å². The van der Waals surface area contributed by atoms with E-state index in [1.165, 1.54) is 7.11 Å². The molecule has 0 amide bonds. The largest absolute Gasteiger partial charge is 0.467 e. The molecule has 2 rings (SSSR count). The molecule has 2 heterocycles. The Bertz CT molecular complexity index is 645. The number of nitrogens with zero attached hydrogens (tertiary/aromatic N) is 2. The molecule has 0 spiro atoms. The lowest BCUT2D eigenvalue weighted by Crippen LogP contribution is -2.23. The zero-order chi connectivity index (χ0) is 14.0. The third kappa shape index (κ3) is 2.68. The van der Waals surface area contributed by atoms with Crippen LogP contribution in [0.25, 0.3) is 11.2 Å². The number of nitrogens with one attached hydrogen (secondary N) is 1. The Morgan fingerprint density at radius 3 is 2.95 bits per heavy atom. The Morgan fingerprint density at radius 1 is 1.58 bits per heavy atom. The van der Waals surface area contributed by atoms with E-state index in [9.17, 15) is 4.79 Å². The first kappa shape index (κ1) is 13.7. The van der Waals surface area contributed by atoms with E-state index >= 15 is 0 Å². The summed E-state index contributed by atoms with van der Waals surface area (Å²) in [7, 11) is 1.39. The lowest BCUT2D eigenvalue weighted by Gasteiger charge is -2.18. The molecule has 19 heavy (non-hydrogen) atoms. The standard InChI is InChI=1S/C13H17N3O2S/c1-8(2)7-10(12(17)18-3)16-11-9(15-13(16)19)5-4-6-14-11/h4-6,8,10H,7H2,1-3H3,(H,15,19). The summed E-state index contributed by atoms with van der Waals surface area (Å²) in [5.41, 5.74) is 1.51. The molecule has 2 aromatic rings. The van der Waals surface area contributed by atoms with Crippen molar-refractivity contribution in [3.05, 3.63) is 23.1 Å². The maximum Gasteiger partial charge on any atom is 0.329 e. The van der Waals surface area contributed by atoms with Crippen LogP contribution < -0.4 is 0 Å². The van der Waals surface area contributed by atoms with E-state index in [1.807, 2.05) is 12.1 Å². The SMILES string of the molecule is COC(=O)C(CC(C)C)n1c(=S)[nH]c2cccnc21. The molecule has 6 heteroatoms. The van der Waals surface area contributed by atoms with Gasteiger partial charge in [0.1, 0.15) is 6.04 Å². The predicted molar refractivity (Wildman–Crippen MR) is 75.4 cm³/mol. The van der Waals surface area contributed by atoms with Gasteiger partial charge in [-0.05, 0) is 36.7 Å². The van der Waals surface area contributed by atoms with Gasteiger partial charge in [-0.2, -0.15) is 0 Å². The zero-order valence-electron chi connectivity index (χ0n) is 11.2.